The van der Waals surface area contributed by atoms with Gasteiger partial charge in [0.2, 0.25) is 6.79 Å². The lowest BCUT2D eigenvalue weighted by atomic mass is 9.99. The minimum absolute atomic E-state index is 0.126. The molecule has 0 bridgehead atoms. The SMILES string of the molecule is C[C@@H]1CN([C@H](C)CO)C(=O)c2cccc(NC(=O)Nc3cccc4ccccc34)c2O[C@@H]1CN(C)C(=O)Nc1ccc2c(c1)OCO2. The summed E-state index contributed by atoms with van der Waals surface area (Å²) in [5.41, 5.74) is 1.69. The Balaban J connectivity index is 1.25. The van der Waals surface area contributed by atoms with Gasteiger partial charge in [0.25, 0.3) is 5.91 Å². The Bertz CT molecular complexity index is 1810. The van der Waals surface area contributed by atoms with E-state index in [0.29, 0.717) is 22.9 Å². The molecule has 244 valence electrons. The van der Waals surface area contributed by atoms with Gasteiger partial charge in [0.05, 0.1) is 36.1 Å². The lowest BCUT2D eigenvalue weighted by Gasteiger charge is -2.38. The second kappa shape index (κ2) is 13.5. The highest BCUT2D eigenvalue weighted by Gasteiger charge is 2.35. The van der Waals surface area contributed by atoms with Gasteiger partial charge in [-0.1, -0.05) is 49.4 Å². The number of hydrogen-bond donors (Lipinski definition) is 4. The van der Waals surface area contributed by atoms with Gasteiger partial charge in [0.15, 0.2) is 17.2 Å². The van der Waals surface area contributed by atoms with Crippen LogP contribution in [-0.2, 0) is 0 Å². The fourth-order valence-corrected chi connectivity index (χ4v) is 5.72. The third-order valence-electron chi connectivity index (χ3n) is 8.40. The van der Waals surface area contributed by atoms with E-state index < -0.39 is 18.2 Å². The van der Waals surface area contributed by atoms with Gasteiger partial charge in [0, 0.05) is 36.7 Å². The molecule has 0 aromatic heterocycles. The Kier molecular flexibility index (Phi) is 9.03. The van der Waals surface area contributed by atoms with Crippen molar-refractivity contribution in [3.63, 3.8) is 0 Å². The first-order valence-electron chi connectivity index (χ1n) is 15.4. The molecule has 0 fully saturated rings. The molecule has 12 nitrogen and oxygen atoms in total. The summed E-state index contributed by atoms with van der Waals surface area (Å²) in [6.07, 6.45) is -0.591. The van der Waals surface area contributed by atoms with Crippen LogP contribution in [0.4, 0.5) is 26.7 Å². The maximum absolute atomic E-state index is 13.8. The van der Waals surface area contributed by atoms with Crippen LogP contribution in [0.3, 0.4) is 0 Å². The molecule has 6 rings (SSSR count). The number of anilines is 3. The first-order chi connectivity index (χ1) is 22.7. The lowest BCUT2D eigenvalue weighted by Crippen LogP contribution is -2.50. The van der Waals surface area contributed by atoms with Gasteiger partial charge in [-0.2, -0.15) is 0 Å². The second-order valence-electron chi connectivity index (χ2n) is 11.8. The first-order valence-corrected chi connectivity index (χ1v) is 15.4. The average molecular weight is 640 g/mol. The molecule has 2 aliphatic heterocycles. The van der Waals surface area contributed by atoms with Crippen LogP contribution in [-0.4, -0.2) is 78.6 Å². The number of urea groups is 2. The number of nitrogens with zero attached hydrogens (tertiary/aromatic N) is 2. The summed E-state index contributed by atoms with van der Waals surface area (Å²) in [5, 5.41) is 20.5. The number of likely N-dealkylation sites (N-methyl/N-ethyl adjacent to an activating group) is 1. The number of hydrogen-bond acceptors (Lipinski definition) is 7. The van der Waals surface area contributed by atoms with Crippen molar-refractivity contribution in [2.24, 2.45) is 5.92 Å². The quantitative estimate of drug-likeness (QED) is 0.206. The van der Waals surface area contributed by atoms with E-state index in [0.717, 1.165) is 10.8 Å². The Labute approximate surface area is 272 Å². The monoisotopic (exact) mass is 639 g/mol. The maximum Gasteiger partial charge on any atom is 0.323 e. The third-order valence-corrected chi connectivity index (χ3v) is 8.40. The highest BCUT2D eigenvalue weighted by atomic mass is 16.7. The number of carbonyl (C=O) groups is 3. The average Bonchev–Trinajstić information content (AvgIpc) is 3.54. The number of para-hydroxylation sites is 1. The summed E-state index contributed by atoms with van der Waals surface area (Å²) in [6, 6.07) is 22.1. The Morgan fingerprint density at radius 1 is 0.957 bits per heavy atom. The third kappa shape index (κ3) is 6.73. The van der Waals surface area contributed by atoms with Gasteiger partial charge in [-0.3, -0.25) is 4.79 Å². The molecule has 0 aliphatic carbocycles. The molecule has 47 heavy (non-hydrogen) atoms. The van der Waals surface area contributed by atoms with Crippen LogP contribution < -0.4 is 30.2 Å². The summed E-state index contributed by atoms with van der Waals surface area (Å²) in [4.78, 5) is 43.6. The molecule has 0 saturated heterocycles. The number of benzene rings is 4. The van der Waals surface area contributed by atoms with Gasteiger partial charge in [0.1, 0.15) is 6.10 Å². The number of fused-ring (bicyclic) bond motifs is 3. The number of nitrogens with one attached hydrogen (secondary N) is 3. The molecule has 4 aromatic rings. The lowest BCUT2D eigenvalue weighted by molar-refractivity contribution is 0.0373. The number of ether oxygens (including phenoxy) is 3. The molecular weight excluding hydrogens is 602 g/mol. The smallest absolute Gasteiger partial charge is 0.323 e. The van der Waals surface area contributed by atoms with Crippen LogP contribution in [0, 0.1) is 5.92 Å². The van der Waals surface area contributed by atoms with Crippen molar-refractivity contribution in [2.75, 3.05) is 49.5 Å². The highest BCUT2D eigenvalue weighted by molar-refractivity contribution is 6.08. The summed E-state index contributed by atoms with van der Waals surface area (Å²) < 4.78 is 17.3. The van der Waals surface area contributed by atoms with Crippen LogP contribution in [0.5, 0.6) is 17.2 Å². The van der Waals surface area contributed by atoms with Crippen LogP contribution >= 0.6 is 0 Å². The maximum atomic E-state index is 13.8. The van der Waals surface area contributed by atoms with Crippen molar-refractivity contribution < 1.29 is 33.7 Å². The van der Waals surface area contributed by atoms with Gasteiger partial charge < -0.3 is 45.1 Å². The fraction of sp³-hybridized carbons (Fsp3) is 0.286. The molecule has 12 heteroatoms. The highest BCUT2D eigenvalue weighted by Crippen LogP contribution is 2.36. The number of aliphatic hydroxyl groups excluding tert-OH is 1. The second-order valence-corrected chi connectivity index (χ2v) is 11.8. The summed E-state index contributed by atoms with van der Waals surface area (Å²) in [5.74, 6) is 0.740. The van der Waals surface area contributed by atoms with E-state index in [1.807, 2.05) is 49.4 Å². The van der Waals surface area contributed by atoms with E-state index in [9.17, 15) is 19.5 Å². The minimum atomic E-state index is -0.591. The van der Waals surface area contributed by atoms with Crippen molar-refractivity contribution in [3.05, 3.63) is 84.4 Å². The molecule has 2 heterocycles. The molecule has 0 unspecified atom stereocenters. The zero-order valence-corrected chi connectivity index (χ0v) is 26.4. The zero-order valence-electron chi connectivity index (χ0n) is 26.4. The predicted molar refractivity (Wildman–Crippen MR) is 178 cm³/mol. The van der Waals surface area contributed by atoms with E-state index >= 15 is 0 Å². The largest absolute Gasteiger partial charge is 0.485 e. The van der Waals surface area contributed by atoms with Crippen LogP contribution in [0.2, 0.25) is 0 Å². The molecule has 4 aromatic carbocycles. The van der Waals surface area contributed by atoms with Crippen molar-refractivity contribution in [1.82, 2.24) is 9.80 Å². The molecule has 0 saturated carbocycles. The van der Waals surface area contributed by atoms with E-state index in [1.165, 1.54) is 4.90 Å². The molecule has 2 aliphatic rings. The molecular formula is C35H37N5O7. The van der Waals surface area contributed by atoms with Gasteiger partial charge in [-0.15, -0.1) is 0 Å². The molecule has 0 spiro atoms. The van der Waals surface area contributed by atoms with Crippen molar-refractivity contribution in [1.29, 1.82) is 0 Å². The number of aliphatic hydroxyl groups is 1. The standard InChI is InChI=1S/C35H37N5O7/c1-21-17-40(22(2)19-41)33(42)26-11-7-13-28(38-34(43)37-27-12-6-9-23-8-4-5-10-25(23)27)32(26)47-31(21)18-39(3)35(44)36-24-14-15-29-30(16-24)46-20-45-29/h4-16,21-22,31,41H,17-20H2,1-3H3,(H,36,44)(H2,37,38,43)/t21-,22-,31-/m1/s1. The normalized spacial score (nSPS) is 17.5. The van der Waals surface area contributed by atoms with E-state index in [2.05, 4.69) is 16.0 Å². The van der Waals surface area contributed by atoms with E-state index in [-0.39, 0.29) is 61.3 Å². The van der Waals surface area contributed by atoms with Crippen LogP contribution in [0.1, 0.15) is 24.2 Å². The number of amides is 5. The van der Waals surface area contributed by atoms with E-state index in [1.54, 1.807) is 55.3 Å². The molecule has 5 amide bonds. The van der Waals surface area contributed by atoms with Gasteiger partial charge in [-0.05, 0) is 42.6 Å². The predicted octanol–water partition coefficient (Wildman–Crippen LogP) is 5.60. The van der Waals surface area contributed by atoms with Crippen LogP contribution in [0.15, 0.2) is 78.9 Å². The first kappa shape index (κ1) is 31.5. The Morgan fingerprint density at radius 3 is 2.51 bits per heavy atom. The van der Waals surface area contributed by atoms with Crippen LogP contribution in [0.25, 0.3) is 10.8 Å². The number of rotatable bonds is 7. The zero-order chi connectivity index (χ0) is 33.1. The minimum Gasteiger partial charge on any atom is -0.485 e. The van der Waals surface area contributed by atoms with Gasteiger partial charge >= 0.3 is 12.1 Å². The fourth-order valence-electron chi connectivity index (χ4n) is 5.72. The summed E-state index contributed by atoms with van der Waals surface area (Å²) >= 11 is 0. The number of carbonyl (C=O) groups excluding carboxylic acids is 3. The summed E-state index contributed by atoms with van der Waals surface area (Å²) in [6.45, 7) is 4.02. The topological polar surface area (TPSA) is 142 Å². The molecule has 4 N–H and O–H groups in total. The van der Waals surface area contributed by atoms with Gasteiger partial charge in [-0.25, -0.2) is 9.59 Å². The Morgan fingerprint density at radius 2 is 1.68 bits per heavy atom. The molecule has 0 radical (unpaired) electrons. The molecule has 3 atom stereocenters. The van der Waals surface area contributed by atoms with Crippen molar-refractivity contribution in [3.8, 4) is 17.2 Å². The van der Waals surface area contributed by atoms with Crippen molar-refractivity contribution in [2.45, 2.75) is 26.0 Å². The van der Waals surface area contributed by atoms with Crippen molar-refractivity contribution >= 4 is 45.8 Å². The Hall–Kier alpha value is -5.49. The summed E-state index contributed by atoms with van der Waals surface area (Å²) in [7, 11) is 1.65. The van der Waals surface area contributed by atoms with E-state index in [4.69, 9.17) is 14.2 Å².